The molecule has 0 saturated carbocycles. The van der Waals surface area contributed by atoms with Gasteiger partial charge in [0.05, 0.1) is 16.3 Å². The summed E-state index contributed by atoms with van der Waals surface area (Å²) in [5, 5.41) is 21.7. The van der Waals surface area contributed by atoms with Crippen LogP contribution in [0.2, 0.25) is 0 Å². The molecule has 0 aliphatic heterocycles. The fourth-order valence-corrected chi connectivity index (χ4v) is 2.22. The van der Waals surface area contributed by atoms with Crippen molar-refractivity contribution < 1.29 is 14.6 Å². The number of hydrogen-bond acceptors (Lipinski definition) is 5. The Morgan fingerprint density at radius 2 is 1.52 bits per heavy atom. The van der Waals surface area contributed by atoms with Gasteiger partial charge in [0, 0.05) is 12.8 Å². The summed E-state index contributed by atoms with van der Waals surface area (Å²) in [5.41, 5.74) is 0.122. The second-order valence-corrected chi connectivity index (χ2v) is 5.62. The summed E-state index contributed by atoms with van der Waals surface area (Å²) in [6.07, 6.45) is 15.6. The van der Waals surface area contributed by atoms with Crippen molar-refractivity contribution in [2.45, 2.75) is 71.1 Å². The van der Waals surface area contributed by atoms with E-state index in [4.69, 9.17) is 0 Å². The number of carbonyl (C=O) groups excluding carboxylic acids is 1. The zero-order valence-electron chi connectivity index (χ0n) is 14.8. The van der Waals surface area contributed by atoms with E-state index >= 15 is 0 Å². The Labute approximate surface area is 148 Å². The van der Waals surface area contributed by atoms with Crippen LogP contribution < -0.4 is 0 Å². The van der Waals surface area contributed by atoms with Crippen LogP contribution >= 0.6 is 0 Å². The van der Waals surface area contributed by atoms with Crippen LogP contribution in [0, 0.1) is 20.2 Å². The van der Waals surface area contributed by atoms with E-state index in [-0.39, 0.29) is 24.2 Å². The topological polar surface area (TPSA) is 103 Å². The number of nitro groups is 2. The third-order valence-electron chi connectivity index (χ3n) is 3.68. The summed E-state index contributed by atoms with van der Waals surface area (Å²) in [7, 11) is 0. The van der Waals surface area contributed by atoms with Crippen LogP contribution in [-0.2, 0) is 4.79 Å². The zero-order chi connectivity index (χ0) is 18.9. The minimum Gasteiger partial charge on any atom is -0.291 e. The summed E-state index contributed by atoms with van der Waals surface area (Å²) in [6, 6.07) is 0. The van der Waals surface area contributed by atoms with E-state index in [0.29, 0.717) is 12.8 Å². The molecule has 0 heterocycles. The average Bonchev–Trinajstić information content (AvgIpc) is 2.57. The number of nitrogens with zero attached hydrogens (tertiary/aromatic N) is 2. The first-order chi connectivity index (χ1) is 12.0. The Kier molecular flexibility index (Phi) is 13.8. The third-order valence-corrected chi connectivity index (χ3v) is 3.68. The highest BCUT2D eigenvalue weighted by atomic mass is 16.6. The van der Waals surface area contributed by atoms with Crippen LogP contribution in [0.1, 0.15) is 71.1 Å². The van der Waals surface area contributed by atoms with Gasteiger partial charge in [-0.3, -0.25) is 25.0 Å². The lowest BCUT2D eigenvalue weighted by atomic mass is 10.1. The molecule has 7 heteroatoms. The van der Waals surface area contributed by atoms with Gasteiger partial charge < -0.3 is 0 Å². The van der Waals surface area contributed by atoms with Gasteiger partial charge >= 0.3 is 0 Å². The molecule has 0 atom stereocenters. The summed E-state index contributed by atoms with van der Waals surface area (Å²) in [6.45, 7) is 1.68. The molecule has 0 spiro atoms. The van der Waals surface area contributed by atoms with E-state index in [0.717, 1.165) is 38.5 Å². The molecule has 25 heavy (non-hydrogen) atoms. The molecule has 0 saturated heterocycles. The van der Waals surface area contributed by atoms with Gasteiger partial charge in [-0.15, -0.1) is 0 Å². The molecule has 7 nitrogen and oxygen atoms in total. The van der Waals surface area contributed by atoms with Crippen molar-refractivity contribution in [2.75, 3.05) is 0 Å². The Morgan fingerprint density at radius 1 is 0.920 bits per heavy atom. The normalized spacial score (nSPS) is 12.5. The standard InChI is InChI=1S/C18H27N2O5/c1-2-17(19(22)23)14-12-15-18(20(24)25)13-10-8-6-4-3-5-7-9-11-16-21/h8,10,14-15H,2-7,9,11-13H2,1H3/b10-8+,17-14-,18-15-. The van der Waals surface area contributed by atoms with Crippen molar-refractivity contribution in [1.29, 1.82) is 0 Å². The molecule has 0 fully saturated rings. The number of rotatable bonds is 15. The van der Waals surface area contributed by atoms with Gasteiger partial charge in [0.25, 0.3) is 0 Å². The van der Waals surface area contributed by atoms with Crippen molar-refractivity contribution in [3.8, 4) is 0 Å². The van der Waals surface area contributed by atoms with E-state index < -0.39 is 9.85 Å². The highest BCUT2D eigenvalue weighted by molar-refractivity contribution is 5.50. The van der Waals surface area contributed by atoms with Gasteiger partial charge in [0.15, 0.2) is 6.29 Å². The maximum Gasteiger partial charge on any atom is 0.246 e. The Balaban J connectivity index is 4.15. The molecule has 0 unspecified atom stereocenters. The molecule has 0 bridgehead atoms. The van der Waals surface area contributed by atoms with Crippen LogP contribution in [0.4, 0.5) is 0 Å². The van der Waals surface area contributed by atoms with Crippen molar-refractivity contribution >= 4 is 6.29 Å². The average molecular weight is 351 g/mol. The first kappa shape index (κ1) is 22.7. The molecule has 0 aromatic rings. The van der Waals surface area contributed by atoms with Gasteiger partial charge in [0.2, 0.25) is 11.4 Å². The molecule has 0 aliphatic carbocycles. The molecular formula is C18H27N2O5. The van der Waals surface area contributed by atoms with E-state index in [1.54, 1.807) is 13.0 Å². The third kappa shape index (κ3) is 12.7. The lowest BCUT2D eigenvalue weighted by Crippen LogP contribution is -1.99. The predicted octanol–water partition coefficient (Wildman–Crippen LogP) is 4.89. The molecule has 0 N–H and O–H groups in total. The molecule has 0 aromatic heterocycles. The Morgan fingerprint density at radius 3 is 2.12 bits per heavy atom. The number of allylic oxidation sites excluding steroid dienone is 5. The summed E-state index contributed by atoms with van der Waals surface area (Å²) < 4.78 is 0. The van der Waals surface area contributed by atoms with E-state index in [9.17, 15) is 25.0 Å². The molecule has 139 valence electrons. The lowest BCUT2D eigenvalue weighted by Gasteiger charge is -1.97. The van der Waals surface area contributed by atoms with E-state index in [1.165, 1.54) is 12.2 Å². The van der Waals surface area contributed by atoms with Crippen LogP contribution in [-0.4, -0.2) is 16.1 Å². The molecule has 0 amide bonds. The lowest BCUT2D eigenvalue weighted by molar-refractivity contribution is -0.428. The first-order valence-electron chi connectivity index (χ1n) is 8.69. The maximum absolute atomic E-state index is 11.0. The minimum atomic E-state index is -0.462. The quantitative estimate of drug-likeness (QED) is 0.181. The molecule has 0 aliphatic rings. The first-order valence-corrected chi connectivity index (χ1v) is 8.69. The van der Waals surface area contributed by atoms with Crippen molar-refractivity contribution in [1.82, 2.24) is 0 Å². The van der Waals surface area contributed by atoms with Crippen LogP contribution in [0.3, 0.4) is 0 Å². The van der Waals surface area contributed by atoms with Crippen LogP contribution in [0.15, 0.2) is 35.7 Å². The largest absolute Gasteiger partial charge is 0.291 e. The van der Waals surface area contributed by atoms with Gasteiger partial charge in [0.1, 0.15) is 0 Å². The summed E-state index contributed by atoms with van der Waals surface area (Å²) in [5.74, 6) is 0. The van der Waals surface area contributed by atoms with Crippen molar-refractivity contribution in [3.05, 3.63) is 55.9 Å². The minimum absolute atomic E-state index is 0.0522. The van der Waals surface area contributed by atoms with Gasteiger partial charge in [-0.25, -0.2) is 0 Å². The fraction of sp³-hybridized carbons (Fsp3) is 0.611. The molecule has 0 rings (SSSR count). The summed E-state index contributed by atoms with van der Waals surface area (Å²) in [4.78, 5) is 30.8. The maximum atomic E-state index is 11.0. The van der Waals surface area contributed by atoms with Crippen molar-refractivity contribution in [3.63, 3.8) is 0 Å². The zero-order valence-corrected chi connectivity index (χ0v) is 14.8. The van der Waals surface area contributed by atoms with Crippen molar-refractivity contribution in [2.24, 2.45) is 0 Å². The van der Waals surface area contributed by atoms with Gasteiger partial charge in [-0.05, 0) is 37.8 Å². The summed E-state index contributed by atoms with van der Waals surface area (Å²) >= 11 is 0. The second-order valence-electron chi connectivity index (χ2n) is 5.62. The van der Waals surface area contributed by atoms with E-state index in [1.807, 2.05) is 12.4 Å². The molecule has 1 radical (unpaired) electrons. The SMILES string of the molecule is CC/C(=C/C/C=C(/C/C=C/CCCCCCC[C]=O)[N+](=O)[O-])[N+](=O)[O-]. The number of hydrogen-bond donors (Lipinski definition) is 0. The predicted molar refractivity (Wildman–Crippen MR) is 96.8 cm³/mol. The van der Waals surface area contributed by atoms with Gasteiger partial charge in [-0.1, -0.05) is 38.3 Å². The Bertz CT molecular complexity index is 510. The van der Waals surface area contributed by atoms with Crippen LogP contribution in [0.25, 0.3) is 0 Å². The monoisotopic (exact) mass is 351 g/mol. The van der Waals surface area contributed by atoms with Gasteiger partial charge in [-0.2, -0.15) is 0 Å². The van der Waals surface area contributed by atoms with E-state index in [2.05, 4.69) is 0 Å². The van der Waals surface area contributed by atoms with Crippen LogP contribution in [0.5, 0.6) is 0 Å². The highest BCUT2D eigenvalue weighted by Crippen LogP contribution is 2.10. The fourth-order valence-electron chi connectivity index (χ4n) is 2.22. The molecular weight excluding hydrogens is 324 g/mol. The Hall–Kier alpha value is -2.31. The number of unbranched alkanes of at least 4 members (excludes halogenated alkanes) is 6. The second kappa shape index (κ2) is 15.2. The molecule has 0 aromatic carbocycles. The smallest absolute Gasteiger partial charge is 0.246 e. The highest BCUT2D eigenvalue weighted by Gasteiger charge is 2.09.